The number of fused-ring (bicyclic) bond motifs is 2. The van der Waals surface area contributed by atoms with Gasteiger partial charge in [-0.1, -0.05) is 53.2 Å². The molecule has 3 heterocycles. The minimum atomic E-state index is -0.662. The van der Waals surface area contributed by atoms with E-state index >= 15 is 0 Å². The molecule has 37 heavy (non-hydrogen) atoms. The van der Waals surface area contributed by atoms with Crippen molar-refractivity contribution >= 4 is 61.9 Å². The van der Waals surface area contributed by atoms with Crippen molar-refractivity contribution in [2.45, 2.75) is 59.9 Å². The van der Waals surface area contributed by atoms with E-state index < -0.39 is 22.6 Å². The van der Waals surface area contributed by atoms with E-state index in [4.69, 9.17) is 0 Å². The second kappa shape index (κ2) is 10.9. The molecule has 5 rings (SSSR count). The first-order valence-corrected chi connectivity index (χ1v) is 15.0. The molecule has 1 spiro atoms. The SMILES string of the molecule is CCCNC(=O)[C@H]1[C@@H]2SC3(CC2Br)C(C(=O)Nc2ccc4ccccc4c2)N(CCCCCO)C(=O)[C@H]13. The van der Waals surface area contributed by atoms with Gasteiger partial charge in [-0.25, -0.2) is 0 Å². The zero-order valence-electron chi connectivity index (χ0n) is 21.0. The highest BCUT2D eigenvalue weighted by Gasteiger charge is 2.75. The Bertz CT molecular complexity index is 1190. The van der Waals surface area contributed by atoms with Crippen molar-refractivity contribution in [1.82, 2.24) is 10.2 Å². The van der Waals surface area contributed by atoms with Crippen LogP contribution in [-0.2, 0) is 14.4 Å². The molecule has 3 unspecified atom stereocenters. The third kappa shape index (κ3) is 4.68. The number of carbonyl (C=O) groups is 3. The molecule has 3 amide bonds. The molecule has 2 aromatic rings. The highest BCUT2D eigenvalue weighted by molar-refractivity contribution is 9.09. The predicted molar refractivity (Wildman–Crippen MR) is 151 cm³/mol. The number of thioether (sulfide) groups is 1. The van der Waals surface area contributed by atoms with Crippen molar-refractivity contribution in [3.63, 3.8) is 0 Å². The molecule has 3 aliphatic heterocycles. The Morgan fingerprint density at radius 1 is 1.14 bits per heavy atom. The third-order valence-corrected chi connectivity index (χ3v) is 11.2. The molecular formula is C28H34BrN3O4S. The fourth-order valence-corrected chi connectivity index (χ4v) is 10.00. The summed E-state index contributed by atoms with van der Waals surface area (Å²) in [6, 6.07) is 13.2. The van der Waals surface area contributed by atoms with Gasteiger partial charge in [0, 0.05) is 35.5 Å². The quantitative estimate of drug-likeness (QED) is 0.289. The van der Waals surface area contributed by atoms with Crippen LogP contribution in [0.15, 0.2) is 42.5 Å². The number of anilines is 1. The number of alkyl halides is 1. The van der Waals surface area contributed by atoms with Gasteiger partial charge in [0.2, 0.25) is 17.7 Å². The number of unbranched alkanes of at least 4 members (excludes halogenated alkanes) is 2. The zero-order valence-corrected chi connectivity index (χ0v) is 23.4. The molecule has 198 valence electrons. The van der Waals surface area contributed by atoms with Crippen molar-refractivity contribution in [2.24, 2.45) is 11.8 Å². The molecule has 0 aromatic heterocycles. The Morgan fingerprint density at radius 3 is 2.68 bits per heavy atom. The van der Waals surface area contributed by atoms with Gasteiger partial charge in [0.05, 0.1) is 16.6 Å². The average molecular weight is 589 g/mol. The molecule has 7 nitrogen and oxygen atoms in total. The van der Waals surface area contributed by atoms with Crippen LogP contribution in [0.1, 0.15) is 39.0 Å². The summed E-state index contributed by atoms with van der Waals surface area (Å²) in [5.74, 6) is -1.34. The summed E-state index contributed by atoms with van der Waals surface area (Å²) >= 11 is 5.45. The van der Waals surface area contributed by atoms with E-state index in [1.54, 1.807) is 16.7 Å². The lowest BCUT2D eigenvalue weighted by Crippen LogP contribution is -2.53. The molecule has 2 bridgehead atoms. The molecule has 2 aromatic carbocycles. The van der Waals surface area contributed by atoms with Crippen LogP contribution in [0.5, 0.6) is 0 Å². The van der Waals surface area contributed by atoms with Crippen molar-refractivity contribution < 1.29 is 19.5 Å². The maximum atomic E-state index is 14.0. The monoisotopic (exact) mass is 587 g/mol. The number of hydrogen-bond donors (Lipinski definition) is 3. The van der Waals surface area contributed by atoms with Crippen LogP contribution >= 0.6 is 27.7 Å². The van der Waals surface area contributed by atoms with Crippen molar-refractivity contribution in [1.29, 1.82) is 0 Å². The maximum Gasteiger partial charge on any atom is 0.248 e. The van der Waals surface area contributed by atoms with Crippen LogP contribution in [0.3, 0.4) is 0 Å². The molecule has 3 aliphatic rings. The van der Waals surface area contributed by atoms with Crippen molar-refractivity contribution in [2.75, 3.05) is 25.0 Å². The topological polar surface area (TPSA) is 98.7 Å². The summed E-state index contributed by atoms with van der Waals surface area (Å²) in [4.78, 5) is 43.0. The molecule has 0 saturated carbocycles. The lowest BCUT2D eigenvalue weighted by molar-refractivity contribution is -0.139. The van der Waals surface area contributed by atoms with Crippen LogP contribution in [0.2, 0.25) is 0 Å². The normalized spacial score (nSPS) is 30.1. The second-order valence-corrected chi connectivity index (χ2v) is 13.0. The van der Waals surface area contributed by atoms with Gasteiger partial charge in [-0.15, -0.1) is 11.8 Å². The van der Waals surface area contributed by atoms with E-state index in [0.29, 0.717) is 38.0 Å². The predicted octanol–water partition coefficient (Wildman–Crippen LogP) is 3.93. The van der Waals surface area contributed by atoms with Crippen LogP contribution in [0, 0.1) is 11.8 Å². The number of rotatable bonds is 10. The van der Waals surface area contributed by atoms with Gasteiger partial charge in [0.25, 0.3) is 0 Å². The van der Waals surface area contributed by atoms with Gasteiger partial charge < -0.3 is 20.6 Å². The number of aliphatic hydroxyl groups is 1. The summed E-state index contributed by atoms with van der Waals surface area (Å²) in [7, 11) is 0. The summed E-state index contributed by atoms with van der Waals surface area (Å²) in [5.41, 5.74) is 0.696. The number of hydrogen-bond acceptors (Lipinski definition) is 5. The first kappa shape index (κ1) is 26.5. The van der Waals surface area contributed by atoms with Gasteiger partial charge in [-0.05, 0) is 55.0 Å². The molecule has 3 saturated heterocycles. The number of nitrogens with zero attached hydrogens (tertiary/aromatic N) is 1. The summed E-state index contributed by atoms with van der Waals surface area (Å²) in [6.07, 6.45) is 3.62. The summed E-state index contributed by atoms with van der Waals surface area (Å²) in [6.45, 7) is 3.13. The number of benzene rings is 2. The first-order valence-electron chi connectivity index (χ1n) is 13.2. The largest absolute Gasteiger partial charge is 0.396 e. The van der Waals surface area contributed by atoms with Crippen molar-refractivity contribution in [3.05, 3.63) is 42.5 Å². The van der Waals surface area contributed by atoms with E-state index in [1.165, 1.54) is 0 Å². The molecule has 3 fully saturated rings. The standard InChI is InChI=1S/C28H34BrN3O4S/c1-2-12-30-25(34)21-22-27(36)32(13-6-3-7-14-33)24(28(22)16-20(29)23(21)37-28)26(35)31-19-11-10-17-8-4-5-9-18(17)15-19/h4-5,8-11,15,20-24,33H,2-3,6-7,12-14,16H2,1H3,(H,30,34)(H,31,35)/t20?,21-,22+,23-,24?,28?/m1/s1. The lowest BCUT2D eigenvalue weighted by Gasteiger charge is -2.35. The van der Waals surface area contributed by atoms with E-state index in [2.05, 4.69) is 26.6 Å². The fraction of sp³-hybridized carbons (Fsp3) is 0.536. The third-order valence-electron chi connectivity index (χ3n) is 7.96. The molecule has 3 N–H and O–H groups in total. The van der Waals surface area contributed by atoms with Crippen molar-refractivity contribution in [3.8, 4) is 0 Å². The lowest BCUT2D eigenvalue weighted by atomic mass is 9.70. The molecule has 6 atom stereocenters. The van der Waals surface area contributed by atoms with E-state index in [1.807, 2.05) is 49.4 Å². The van der Waals surface area contributed by atoms with Gasteiger partial charge in [0.1, 0.15) is 6.04 Å². The number of likely N-dealkylation sites (tertiary alicyclic amines) is 1. The Balaban J connectivity index is 1.46. The molecule has 9 heteroatoms. The van der Waals surface area contributed by atoms with Crippen LogP contribution in [0.25, 0.3) is 10.8 Å². The smallest absolute Gasteiger partial charge is 0.248 e. The van der Waals surface area contributed by atoms with Gasteiger partial charge in [0.15, 0.2) is 0 Å². The highest BCUT2D eigenvalue weighted by Crippen LogP contribution is 2.67. The van der Waals surface area contributed by atoms with Crippen LogP contribution < -0.4 is 10.6 Å². The number of aliphatic hydroxyl groups excluding tert-OH is 1. The fourth-order valence-electron chi connectivity index (χ4n) is 6.38. The minimum absolute atomic E-state index is 0.0432. The van der Waals surface area contributed by atoms with Gasteiger partial charge in [-0.3, -0.25) is 14.4 Å². The number of amides is 3. The molecular weight excluding hydrogens is 554 g/mol. The molecule has 0 aliphatic carbocycles. The summed E-state index contributed by atoms with van der Waals surface area (Å²) < 4.78 is -0.651. The number of carbonyl (C=O) groups excluding carboxylic acids is 3. The van der Waals surface area contributed by atoms with Gasteiger partial charge in [-0.2, -0.15) is 0 Å². The van der Waals surface area contributed by atoms with Gasteiger partial charge >= 0.3 is 0 Å². The van der Waals surface area contributed by atoms with E-state index in [-0.39, 0.29) is 34.4 Å². The zero-order chi connectivity index (χ0) is 26.2. The Kier molecular flexibility index (Phi) is 7.84. The summed E-state index contributed by atoms with van der Waals surface area (Å²) in [5, 5.41) is 17.4. The maximum absolute atomic E-state index is 14.0. The number of nitrogens with one attached hydrogen (secondary N) is 2. The Labute approximate surface area is 230 Å². The van der Waals surface area contributed by atoms with E-state index in [9.17, 15) is 19.5 Å². The average Bonchev–Trinajstić information content (AvgIpc) is 3.48. The second-order valence-electron chi connectivity index (χ2n) is 10.3. The first-order chi connectivity index (χ1) is 17.9. The highest BCUT2D eigenvalue weighted by atomic mass is 79.9. The van der Waals surface area contributed by atoms with Crippen LogP contribution in [-0.4, -0.2) is 68.3 Å². The Morgan fingerprint density at radius 2 is 1.92 bits per heavy atom. The van der Waals surface area contributed by atoms with E-state index in [0.717, 1.165) is 23.6 Å². The molecule has 0 radical (unpaired) electrons. The Hall–Kier alpha value is -2.10. The minimum Gasteiger partial charge on any atom is -0.396 e. The van der Waals surface area contributed by atoms with Crippen LogP contribution in [0.4, 0.5) is 5.69 Å². The number of halogens is 1.